The molecule has 0 bridgehead atoms. The molecular formula is C50H66N4O8. The van der Waals surface area contributed by atoms with Gasteiger partial charge in [0.1, 0.15) is 12.2 Å². The summed E-state index contributed by atoms with van der Waals surface area (Å²) in [5.74, 6) is -2.76. The highest BCUT2D eigenvalue weighted by atomic mass is 16.5. The maximum atomic E-state index is 13.1. The molecule has 0 saturated carbocycles. The number of para-hydroxylation sites is 2. The summed E-state index contributed by atoms with van der Waals surface area (Å²) in [6, 6.07) is 41.7. The number of aliphatic carboxylic acids is 2. The predicted octanol–water partition coefficient (Wildman–Crippen LogP) is 7.17. The summed E-state index contributed by atoms with van der Waals surface area (Å²) in [5.41, 5.74) is 4.69. The van der Waals surface area contributed by atoms with Gasteiger partial charge in [-0.2, -0.15) is 0 Å². The molecule has 62 heavy (non-hydrogen) atoms. The summed E-state index contributed by atoms with van der Waals surface area (Å²) >= 11 is 0. The van der Waals surface area contributed by atoms with Crippen LogP contribution in [0.5, 0.6) is 0 Å². The van der Waals surface area contributed by atoms with Gasteiger partial charge in [0.15, 0.2) is 0 Å². The summed E-state index contributed by atoms with van der Waals surface area (Å²) in [6.07, 6.45) is 3.22. The Morgan fingerprint density at radius 3 is 1.15 bits per heavy atom. The van der Waals surface area contributed by atoms with Crippen LogP contribution in [0.2, 0.25) is 0 Å². The zero-order valence-corrected chi connectivity index (χ0v) is 37.2. The lowest BCUT2D eigenvalue weighted by molar-refractivity contribution is -0.159. The molecule has 0 aromatic heterocycles. The molecule has 12 heteroatoms. The van der Waals surface area contributed by atoms with Crippen LogP contribution < -0.4 is 9.80 Å². The van der Waals surface area contributed by atoms with Gasteiger partial charge < -0.3 is 39.3 Å². The molecule has 2 fully saturated rings. The third-order valence-corrected chi connectivity index (χ3v) is 11.8. The Labute approximate surface area is 368 Å². The largest absolute Gasteiger partial charge is 0.473 e. The van der Waals surface area contributed by atoms with E-state index in [4.69, 9.17) is 29.3 Å². The van der Waals surface area contributed by atoms with Crippen LogP contribution >= 0.6 is 0 Å². The highest BCUT2D eigenvalue weighted by Crippen LogP contribution is 2.30. The van der Waals surface area contributed by atoms with Crippen molar-refractivity contribution in [1.29, 1.82) is 0 Å². The van der Waals surface area contributed by atoms with Crippen molar-refractivity contribution in [3.63, 3.8) is 0 Å². The van der Waals surface area contributed by atoms with Gasteiger partial charge in [0.05, 0.1) is 0 Å². The lowest BCUT2D eigenvalue weighted by atomic mass is 9.91. The fourth-order valence-corrected chi connectivity index (χ4v) is 8.21. The number of nitrogens with zero attached hydrogens (tertiary/aromatic N) is 4. The van der Waals surface area contributed by atoms with Gasteiger partial charge in [-0.1, -0.05) is 111 Å². The summed E-state index contributed by atoms with van der Waals surface area (Å²) in [4.78, 5) is 53.4. The number of carbonyl (C=O) groups excluding carboxylic acids is 2. The SMILES string of the molecule is COC(C)C(=O)N(c1ccccc1)C1CCN(CCc2ccccc2)C[C@@H]1C.COC(C)C(=O)N(c1ccccc1)C1CCN(CCc2ccccc2)C[C@@H]1C.O=C(O)C(=O)O. The molecule has 0 spiro atoms. The van der Waals surface area contributed by atoms with Crippen LogP contribution in [0.15, 0.2) is 121 Å². The van der Waals surface area contributed by atoms with Gasteiger partial charge in [-0.05, 0) is 86.8 Å². The number of hydrogen-bond acceptors (Lipinski definition) is 8. The summed E-state index contributed by atoms with van der Waals surface area (Å²) in [7, 11) is 3.20. The molecule has 12 nitrogen and oxygen atoms in total. The zero-order chi connectivity index (χ0) is 45.0. The van der Waals surface area contributed by atoms with Crippen LogP contribution in [0.4, 0.5) is 11.4 Å². The number of anilines is 2. The Hall–Kier alpha value is -5.40. The molecule has 4 aromatic carbocycles. The third kappa shape index (κ3) is 14.9. The van der Waals surface area contributed by atoms with Crippen molar-refractivity contribution in [3.8, 4) is 0 Å². The zero-order valence-electron chi connectivity index (χ0n) is 37.2. The summed E-state index contributed by atoms with van der Waals surface area (Å²) in [6.45, 7) is 14.4. The summed E-state index contributed by atoms with van der Waals surface area (Å²) < 4.78 is 10.7. The van der Waals surface area contributed by atoms with Crippen molar-refractivity contribution < 1.29 is 38.9 Å². The highest BCUT2D eigenvalue weighted by Gasteiger charge is 2.37. The first-order chi connectivity index (χ1) is 29.8. The number of rotatable bonds is 14. The molecule has 2 saturated heterocycles. The number of piperidine rings is 2. The maximum Gasteiger partial charge on any atom is 0.414 e. The van der Waals surface area contributed by atoms with E-state index in [1.165, 1.54) is 11.1 Å². The van der Waals surface area contributed by atoms with Gasteiger partial charge in [0.2, 0.25) is 0 Å². The highest BCUT2D eigenvalue weighted by molar-refractivity contribution is 6.27. The second-order valence-electron chi connectivity index (χ2n) is 16.2. The van der Waals surface area contributed by atoms with Crippen LogP contribution in [0.3, 0.4) is 0 Å². The fraction of sp³-hybridized carbons (Fsp3) is 0.440. The maximum absolute atomic E-state index is 13.1. The Morgan fingerprint density at radius 2 is 0.871 bits per heavy atom. The monoisotopic (exact) mass is 850 g/mol. The van der Waals surface area contributed by atoms with Crippen molar-refractivity contribution in [3.05, 3.63) is 132 Å². The molecule has 334 valence electrons. The average molecular weight is 851 g/mol. The number of carbonyl (C=O) groups is 4. The molecule has 2 N–H and O–H groups in total. The molecule has 2 aliphatic rings. The number of hydrogen-bond donors (Lipinski definition) is 2. The minimum absolute atomic E-state index is 0.0447. The van der Waals surface area contributed by atoms with Crippen molar-refractivity contribution in [1.82, 2.24) is 9.80 Å². The number of ether oxygens (including phenoxy) is 2. The normalized spacial score (nSPS) is 19.9. The van der Waals surface area contributed by atoms with Crippen LogP contribution in [0.1, 0.15) is 51.7 Å². The van der Waals surface area contributed by atoms with E-state index >= 15 is 0 Å². The molecule has 2 heterocycles. The molecule has 0 radical (unpaired) electrons. The summed E-state index contributed by atoms with van der Waals surface area (Å²) in [5, 5.41) is 14.8. The first-order valence-electron chi connectivity index (χ1n) is 21.6. The van der Waals surface area contributed by atoms with E-state index in [0.717, 1.165) is 76.3 Å². The minimum Gasteiger partial charge on any atom is -0.473 e. The number of methoxy groups -OCH3 is 2. The van der Waals surface area contributed by atoms with Crippen LogP contribution in [-0.4, -0.2) is 122 Å². The van der Waals surface area contributed by atoms with Gasteiger partial charge in [0, 0.05) is 76.9 Å². The van der Waals surface area contributed by atoms with E-state index in [1.807, 2.05) is 84.3 Å². The molecule has 6 rings (SSSR count). The van der Waals surface area contributed by atoms with Gasteiger partial charge in [-0.25, -0.2) is 9.59 Å². The second kappa shape index (κ2) is 25.5. The number of carboxylic acid groups (broad SMARTS) is 2. The van der Waals surface area contributed by atoms with Crippen molar-refractivity contribution in [2.75, 3.05) is 63.3 Å². The molecule has 6 atom stereocenters. The van der Waals surface area contributed by atoms with E-state index in [9.17, 15) is 9.59 Å². The quantitative estimate of drug-likeness (QED) is 0.126. The first-order valence-corrected chi connectivity index (χ1v) is 21.6. The number of amides is 2. The third-order valence-electron chi connectivity index (χ3n) is 11.8. The Morgan fingerprint density at radius 1 is 0.565 bits per heavy atom. The standard InChI is InChI=1S/2C24H32N2O2.C2H2O4/c2*1-19-18-25(16-14-21-10-6-4-7-11-21)17-15-23(19)26(24(27)20(2)28-3)22-12-8-5-9-13-22;3-1(4)2(5)6/h2*4-13,19-20,23H,14-18H2,1-3H3;(H,3,4)(H,5,6)/t2*19-,20?,23?;/m00./s1. The van der Waals surface area contributed by atoms with E-state index in [-0.39, 0.29) is 23.9 Å². The van der Waals surface area contributed by atoms with E-state index in [2.05, 4.69) is 84.3 Å². The second-order valence-corrected chi connectivity index (χ2v) is 16.2. The molecular weight excluding hydrogens is 785 g/mol. The number of carboxylic acids is 2. The molecule has 4 unspecified atom stereocenters. The minimum atomic E-state index is -1.82. The van der Waals surface area contributed by atoms with E-state index in [1.54, 1.807) is 14.2 Å². The van der Waals surface area contributed by atoms with Crippen LogP contribution in [0, 0.1) is 11.8 Å². The van der Waals surface area contributed by atoms with E-state index < -0.39 is 24.1 Å². The lowest BCUT2D eigenvalue weighted by Crippen LogP contribution is -2.54. The smallest absolute Gasteiger partial charge is 0.414 e. The Balaban J connectivity index is 0.000000241. The number of benzene rings is 4. The van der Waals surface area contributed by atoms with E-state index in [0.29, 0.717) is 11.8 Å². The van der Waals surface area contributed by atoms with Crippen molar-refractivity contribution in [2.45, 2.75) is 77.7 Å². The Kier molecular flexibility index (Phi) is 20.3. The average Bonchev–Trinajstić information content (AvgIpc) is 3.30. The van der Waals surface area contributed by atoms with Gasteiger partial charge in [-0.3, -0.25) is 9.59 Å². The molecule has 2 amide bonds. The van der Waals surface area contributed by atoms with Gasteiger partial charge in [-0.15, -0.1) is 0 Å². The topological polar surface area (TPSA) is 140 Å². The predicted molar refractivity (Wildman–Crippen MR) is 244 cm³/mol. The Bertz CT molecular complexity index is 1800. The van der Waals surface area contributed by atoms with Crippen molar-refractivity contribution in [2.24, 2.45) is 11.8 Å². The number of likely N-dealkylation sites (tertiary alicyclic amines) is 2. The first kappa shape index (κ1) is 49.3. The molecule has 0 aliphatic carbocycles. The van der Waals surface area contributed by atoms with Gasteiger partial charge in [0.25, 0.3) is 11.8 Å². The lowest BCUT2D eigenvalue weighted by Gasteiger charge is -2.43. The fourth-order valence-electron chi connectivity index (χ4n) is 8.21. The van der Waals surface area contributed by atoms with Crippen LogP contribution in [-0.2, 0) is 41.5 Å². The van der Waals surface area contributed by atoms with Gasteiger partial charge >= 0.3 is 11.9 Å². The van der Waals surface area contributed by atoms with Crippen LogP contribution in [0.25, 0.3) is 0 Å². The molecule has 2 aliphatic heterocycles. The molecule has 4 aromatic rings. The van der Waals surface area contributed by atoms with Crippen molar-refractivity contribution >= 4 is 35.1 Å².